The molecule has 2 aromatic rings. The van der Waals surface area contributed by atoms with Crippen molar-refractivity contribution in [1.82, 2.24) is 9.80 Å². The average molecular weight is 476 g/mol. The van der Waals surface area contributed by atoms with Crippen LogP contribution in [0, 0.1) is 22.9 Å². The zero-order valence-corrected chi connectivity index (χ0v) is 18.8. The summed E-state index contributed by atoms with van der Waals surface area (Å²) >= 11 is 0. The number of piperidine rings is 1. The Bertz CT molecular complexity index is 1010. The Balaban J connectivity index is 1.56. The summed E-state index contributed by atoms with van der Waals surface area (Å²) in [5.41, 5.74) is -1.36. The minimum atomic E-state index is -0.923. The van der Waals surface area contributed by atoms with Gasteiger partial charge in [-0.05, 0) is 49.2 Å². The first-order chi connectivity index (χ1) is 16.4. The Morgan fingerprint density at radius 2 is 1.62 bits per heavy atom. The lowest BCUT2D eigenvalue weighted by Crippen LogP contribution is -2.52. The van der Waals surface area contributed by atoms with E-state index in [-0.39, 0.29) is 25.5 Å². The number of carbonyl (C=O) groups is 2. The SMILES string of the molecule is O=C(CC1(COc2ccc(F)cc2)CCCN(C(=O)c2c(F)cccc2F)C1)N1CCOCC1. The fraction of sp³-hybridized carbons (Fsp3) is 0.440. The van der Waals surface area contributed by atoms with E-state index in [4.69, 9.17) is 9.47 Å². The van der Waals surface area contributed by atoms with Crippen LogP contribution in [0.1, 0.15) is 29.6 Å². The second-order valence-corrected chi connectivity index (χ2v) is 8.84. The van der Waals surface area contributed by atoms with Crippen molar-refractivity contribution in [2.45, 2.75) is 19.3 Å². The van der Waals surface area contributed by atoms with Crippen molar-refractivity contribution in [3.63, 3.8) is 0 Å². The van der Waals surface area contributed by atoms with Crippen molar-refractivity contribution < 1.29 is 32.2 Å². The number of likely N-dealkylation sites (tertiary alicyclic amines) is 1. The average Bonchev–Trinajstić information content (AvgIpc) is 2.84. The molecule has 2 aliphatic heterocycles. The Hall–Kier alpha value is -3.07. The molecule has 2 saturated heterocycles. The highest BCUT2D eigenvalue weighted by atomic mass is 19.1. The Morgan fingerprint density at radius 3 is 2.29 bits per heavy atom. The molecule has 6 nitrogen and oxygen atoms in total. The molecule has 9 heteroatoms. The zero-order chi connectivity index (χ0) is 24.1. The molecule has 0 saturated carbocycles. The molecule has 0 spiro atoms. The molecule has 0 aliphatic carbocycles. The number of halogens is 3. The quantitative estimate of drug-likeness (QED) is 0.639. The van der Waals surface area contributed by atoms with Crippen LogP contribution < -0.4 is 4.74 Å². The zero-order valence-electron chi connectivity index (χ0n) is 18.8. The molecule has 0 N–H and O–H groups in total. The summed E-state index contributed by atoms with van der Waals surface area (Å²) in [5.74, 6) is -2.65. The molecule has 2 aromatic carbocycles. The lowest BCUT2D eigenvalue weighted by molar-refractivity contribution is -0.139. The number of benzene rings is 2. The second kappa shape index (κ2) is 10.5. The lowest BCUT2D eigenvalue weighted by atomic mass is 9.77. The van der Waals surface area contributed by atoms with Gasteiger partial charge in [0, 0.05) is 38.0 Å². The van der Waals surface area contributed by atoms with Gasteiger partial charge in [0.2, 0.25) is 5.91 Å². The number of hydrogen-bond acceptors (Lipinski definition) is 4. The van der Waals surface area contributed by atoms with Crippen LogP contribution in [0.5, 0.6) is 5.75 Å². The van der Waals surface area contributed by atoms with Gasteiger partial charge in [-0.3, -0.25) is 9.59 Å². The number of morpholine rings is 1. The maximum Gasteiger partial charge on any atom is 0.259 e. The van der Waals surface area contributed by atoms with Crippen LogP contribution in [0.2, 0.25) is 0 Å². The fourth-order valence-electron chi connectivity index (χ4n) is 4.57. The van der Waals surface area contributed by atoms with Crippen molar-refractivity contribution in [2.24, 2.45) is 5.41 Å². The van der Waals surface area contributed by atoms with Crippen LogP contribution in [0.3, 0.4) is 0 Å². The third-order valence-corrected chi connectivity index (χ3v) is 6.37. The summed E-state index contributed by atoms with van der Waals surface area (Å²) in [7, 11) is 0. The normalized spacial score (nSPS) is 20.8. The first-order valence-corrected chi connectivity index (χ1v) is 11.3. The lowest BCUT2D eigenvalue weighted by Gasteiger charge is -2.43. The van der Waals surface area contributed by atoms with Gasteiger partial charge in [0.25, 0.3) is 5.91 Å². The third kappa shape index (κ3) is 5.52. The predicted octanol–water partition coefficient (Wildman–Crippen LogP) is 3.65. The molecule has 2 aliphatic rings. The highest BCUT2D eigenvalue weighted by Gasteiger charge is 2.42. The highest BCUT2D eigenvalue weighted by molar-refractivity contribution is 5.95. The summed E-state index contributed by atoms with van der Waals surface area (Å²) in [6, 6.07) is 8.84. The van der Waals surface area contributed by atoms with Gasteiger partial charge in [0.15, 0.2) is 0 Å². The van der Waals surface area contributed by atoms with Crippen molar-refractivity contribution in [3.8, 4) is 5.75 Å². The molecule has 34 heavy (non-hydrogen) atoms. The molecular formula is C25H27F3N2O4. The first kappa shape index (κ1) is 24.1. The maximum atomic E-state index is 14.3. The molecule has 2 heterocycles. The summed E-state index contributed by atoms with van der Waals surface area (Å²) in [6.07, 6.45) is 1.25. The molecule has 0 bridgehead atoms. The molecule has 2 amide bonds. The molecule has 1 unspecified atom stereocenters. The van der Waals surface area contributed by atoms with E-state index in [1.165, 1.54) is 35.2 Å². The van der Waals surface area contributed by atoms with Gasteiger partial charge in [-0.1, -0.05) is 6.07 Å². The molecule has 4 rings (SSSR count). The van der Waals surface area contributed by atoms with Gasteiger partial charge in [-0.15, -0.1) is 0 Å². The number of rotatable bonds is 6. The number of nitrogens with zero attached hydrogens (tertiary/aromatic N) is 2. The van der Waals surface area contributed by atoms with E-state index in [0.29, 0.717) is 51.4 Å². The monoisotopic (exact) mass is 476 g/mol. The van der Waals surface area contributed by atoms with Gasteiger partial charge in [-0.2, -0.15) is 0 Å². The van der Waals surface area contributed by atoms with Crippen LogP contribution in [-0.2, 0) is 9.53 Å². The van der Waals surface area contributed by atoms with E-state index in [2.05, 4.69) is 0 Å². The summed E-state index contributed by atoms with van der Waals surface area (Å²) < 4.78 is 53.1. The molecule has 1 atom stereocenters. The van der Waals surface area contributed by atoms with Gasteiger partial charge < -0.3 is 19.3 Å². The molecular weight excluding hydrogens is 449 g/mol. The molecule has 0 radical (unpaired) electrons. The van der Waals surface area contributed by atoms with Crippen LogP contribution in [0.4, 0.5) is 13.2 Å². The Kier molecular flexibility index (Phi) is 7.41. The number of carbonyl (C=O) groups excluding carboxylic acids is 2. The Morgan fingerprint density at radius 1 is 0.941 bits per heavy atom. The highest BCUT2D eigenvalue weighted by Crippen LogP contribution is 2.36. The number of amides is 2. The van der Waals surface area contributed by atoms with Gasteiger partial charge >= 0.3 is 0 Å². The van der Waals surface area contributed by atoms with Crippen molar-refractivity contribution in [1.29, 1.82) is 0 Å². The first-order valence-electron chi connectivity index (χ1n) is 11.3. The van der Waals surface area contributed by atoms with E-state index in [1.54, 1.807) is 4.90 Å². The van der Waals surface area contributed by atoms with Crippen LogP contribution in [0.25, 0.3) is 0 Å². The topological polar surface area (TPSA) is 59.1 Å². The Labute approximate surface area is 196 Å². The van der Waals surface area contributed by atoms with Gasteiger partial charge in [-0.25, -0.2) is 13.2 Å². The molecule has 182 valence electrons. The molecule has 2 fully saturated rings. The van der Waals surface area contributed by atoms with E-state index >= 15 is 0 Å². The van der Waals surface area contributed by atoms with Crippen molar-refractivity contribution in [2.75, 3.05) is 46.0 Å². The number of hydrogen-bond donors (Lipinski definition) is 0. The fourth-order valence-corrected chi connectivity index (χ4v) is 4.57. The second-order valence-electron chi connectivity index (χ2n) is 8.84. The van der Waals surface area contributed by atoms with Crippen LogP contribution in [-0.4, -0.2) is 67.6 Å². The van der Waals surface area contributed by atoms with E-state index < -0.39 is 34.3 Å². The summed E-state index contributed by atoms with van der Waals surface area (Å²) in [6.45, 7) is 2.41. The van der Waals surface area contributed by atoms with E-state index in [1.807, 2.05) is 0 Å². The van der Waals surface area contributed by atoms with Crippen molar-refractivity contribution in [3.05, 3.63) is 65.5 Å². The molecule has 0 aromatic heterocycles. The minimum Gasteiger partial charge on any atom is -0.493 e. The summed E-state index contributed by atoms with van der Waals surface area (Å²) in [5, 5.41) is 0. The van der Waals surface area contributed by atoms with Crippen LogP contribution >= 0.6 is 0 Å². The van der Waals surface area contributed by atoms with E-state index in [0.717, 1.165) is 12.1 Å². The smallest absolute Gasteiger partial charge is 0.259 e. The third-order valence-electron chi connectivity index (χ3n) is 6.37. The van der Waals surface area contributed by atoms with E-state index in [9.17, 15) is 22.8 Å². The van der Waals surface area contributed by atoms with Gasteiger partial charge in [0.05, 0.1) is 19.8 Å². The number of ether oxygens (including phenoxy) is 2. The standard InChI is InChI=1S/C25H27F3N2O4/c26-18-5-7-19(8-6-18)34-17-25(15-22(31)29-11-13-33-14-12-29)9-2-10-30(16-25)24(32)23-20(27)3-1-4-21(23)28/h1,3-8H,2,9-17H2. The summed E-state index contributed by atoms with van der Waals surface area (Å²) in [4.78, 5) is 29.3. The van der Waals surface area contributed by atoms with Crippen molar-refractivity contribution >= 4 is 11.8 Å². The minimum absolute atomic E-state index is 0.0858. The predicted molar refractivity (Wildman–Crippen MR) is 118 cm³/mol. The van der Waals surface area contributed by atoms with Crippen LogP contribution in [0.15, 0.2) is 42.5 Å². The largest absolute Gasteiger partial charge is 0.493 e. The maximum absolute atomic E-state index is 14.3. The van der Waals surface area contributed by atoms with Gasteiger partial charge in [0.1, 0.15) is 28.8 Å².